The number of carbonyl (C=O) groups excluding carboxylic acids is 2. The summed E-state index contributed by atoms with van der Waals surface area (Å²) in [6.45, 7) is 8.09. The third-order valence-electron chi connectivity index (χ3n) is 4.08. The predicted molar refractivity (Wildman–Crippen MR) is 112 cm³/mol. The lowest BCUT2D eigenvalue weighted by molar-refractivity contribution is -0.114. The lowest BCUT2D eigenvalue weighted by atomic mass is 10.2. The molecule has 0 bridgehead atoms. The van der Waals surface area contributed by atoms with Gasteiger partial charge in [0, 0.05) is 24.8 Å². The van der Waals surface area contributed by atoms with Gasteiger partial charge < -0.3 is 15.5 Å². The van der Waals surface area contributed by atoms with Gasteiger partial charge in [-0.15, -0.1) is 0 Å². The van der Waals surface area contributed by atoms with Crippen LogP contribution in [-0.4, -0.2) is 52.1 Å². The van der Waals surface area contributed by atoms with E-state index in [9.17, 15) is 18.8 Å². The maximum atomic E-state index is 13.0. The number of benzene rings is 1. The van der Waals surface area contributed by atoms with Crippen molar-refractivity contribution in [2.24, 2.45) is 0 Å². The second kappa shape index (κ2) is 10.7. The first kappa shape index (κ1) is 22.6. The minimum atomic E-state index is -0.620. The van der Waals surface area contributed by atoms with E-state index in [4.69, 9.17) is 0 Å². The molecule has 0 fully saturated rings. The van der Waals surface area contributed by atoms with Crippen LogP contribution in [0.1, 0.15) is 31.1 Å². The molecule has 0 radical (unpaired) electrons. The van der Waals surface area contributed by atoms with Crippen LogP contribution >= 0.6 is 11.8 Å². The molecule has 2 rings (SSSR count). The molecule has 29 heavy (non-hydrogen) atoms. The summed E-state index contributed by atoms with van der Waals surface area (Å²) in [7, 11) is 0. The van der Waals surface area contributed by atoms with Crippen LogP contribution in [0.3, 0.4) is 0 Å². The SMILES string of the molecule is CCN(CC)CCSc1nc(NC(C)=O)c(NC(=O)c2ccc(F)cc2)c(=O)[nH]1. The van der Waals surface area contributed by atoms with Crippen LogP contribution in [0.25, 0.3) is 0 Å². The number of rotatable bonds is 9. The molecule has 0 saturated heterocycles. The Morgan fingerprint density at radius 1 is 1.17 bits per heavy atom. The first-order chi connectivity index (χ1) is 13.8. The van der Waals surface area contributed by atoms with Crippen molar-refractivity contribution in [2.75, 3.05) is 36.0 Å². The number of H-pyrrole nitrogens is 1. The normalized spacial score (nSPS) is 10.8. The van der Waals surface area contributed by atoms with Crippen LogP contribution in [0.5, 0.6) is 0 Å². The Kier molecular flexibility index (Phi) is 8.34. The molecule has 0 atom stereocenters. The fourth-order valence-electron chi connectivity index (χ4n) is 2.49. The van der Waals surface area contributed by atoms with Crippen molar-refractivity contribution in [3.05, 3.63) is 46.0 Å². The highest BCUT2D eigenvalue weighted by atomic mass is 32.2. The lowest BCUT2D eigenvalue weighted by Gasteiger charge is -2.17. The van der Waals surface area contributed by atoms with Gasteiger partial charge in [-0.1, -0.05) is 25.6 Å². The summed E-state index contributed by atoms with van der Waals surface area (Å²) in [6.07, 6.45) is 0. The monoisotopic (exact) mass is 421 g/mol. The van der Waals surface area contributed by atoms with Gasteiger partial charge in [-0.25, -0.2) is 9.37 Å². The summed E-state index contributed by atoms with van der Waals surface area (Å²) >= 11 is 1.35. The van der Waals surface area contributed by atoms with Gasteiger partial charge in [0.25, 0.3) is 11.5 Å². The molecule has 1 heterocycles. The molecule has 156 valence electrons. The topological polar surface area (TPSA) is 107 Å². The number of nitrogens with one attached hydrogen (secondary N) is 3. The van der Waals surface area contributed by atoms with Crippen molar-refractivity contribution in [1.82, 2.24) is 14.9 Å². The molecule has 3 N–H and O–H groups in total. The number of hydrogen-bond donors (Lipinski definition) is 3. The van der Waals surface area contributed by atoms with E-state index in [0.29, 0.717) is 10.9 Å². The molecule has 1 aromatic carbocycles. The smallest absolute Gasteiger partial charge is 0.277 e. The van der Waals surface area contributed by atoms with Crippen LogP contribution in [0.2, 0.25) is 0 Å². The third kappa shape index (κ3) is 6.68. The number of amides is 2. The number of anilines is 2. The van der Waals surface area contributed by atoms with Crippen LogP contribution in [-0.2, 0) is 4.79 Å². The summed E-state index contributed by atoms with van der Waals surface area (Å²) in [5.74, 6) is -0.871. The highest BCUT2D eigenvalue weighted by Gasteiger charge is 2.17. The van der Waals surface area contributed by atoms with Gasteiger partial charge in [-0.3, -0.25) is 19.4 Å². The first-order valence-electron chi connectivity index (χ1n) is 9.18. The Bertz CT molecular complexity index is 913. The third-order valence-corrected chi connectivity index (χ3v) is 4.93. The minimum Gasteiger partial charge on any atom is -0.314 e. The fourth-order valence-corrected chi connectivity index (χ4v) is 3.36. The van der Waals surface area contributed by atoms with Gasteiger partial charge in [0.2, 0.25) is 5.91 Å². The lowest BCUT2D eigenvalue weighted by Crippen LogP contribution is -2.26. The second-order valence-electron chi connectivity index (χ2n) is 6.11. The Labute approximate surface area is 172 Å². The van der Waals surface area contributed by atoms with Gasteiger partial charge in [0.05, 0.1) is 0 Å². The zero-order valence-corrected chi connectivity index (χ0v) is 17.4. The second-order valence-corrected chi connectivity index (χ2v) is 7.20. The summed E-state index contributed by atoms with van der Waals surface area (Å²) in [6, 6.07) is 4.87. The zero-order valence-electron chi connectivity index (χ0n) is 16.5. The van der Waals surface area contributed by atoms with E-state index in [1.807, 2.05) is 0 Å². The van der Waals surface area contributed by atoms with Crippen molar-refractivity contribution in [3.63, 3.8) is 0 Å². The number of carbonyl (C=O) groups is 2. The quantitative estimate of drug-likeness (QED) is 0.424. The first-order valence-corrected chi connectivity index (χ1v) is 10.2. The molecule has 1 aromatic heterocycles. The van der Waals surface area contributed by atoms with E-state index in [0.717, 1.165) is 31.8 Å². The molecule has 8 nitrogen and oxygen atoms in total. The van der Waals surface area contributed by atoms with Crippen molar-refractivity contribution in [2.45, 2.75) is 25.9 Å². The van der Waals surface area contributed by atoms with Gasteiger partial charge in [0.15, 0.2) is 16.7 Å². The summed E-state index contributed by atoms with van der Waals surface area (Å²) < 4.78 is 13.0. The molecule has 2 aromatic rings. The van der Waals surface area contributed by atoms with Crippen molar-refractivity contribution in [3.8, 4) is 0 Å². The summed E-state index contributed by atoms with van der Waals surface area (Å²) in [5.41, 5.74) is -0.607. The molecule has 0 aliphatic carbocycles. The van der Waals surface area contributed by atoms with E-state index in [2.05, 4.69) is 39.3 Å². The Hall–Kier alpha value is -2.72. The predicted octanol–water partition coefficient (Wildman–Crippen LogP) is 2.55. The number of aromatic nitrogens is 2. The van der Waals surface area contributed by atoms with Gasteiger partial charge in [-0.05, 0) is 37.4 Å². The average molecular weight is 421 g/mol. The minimum absolute atomic E-state index is 0.0398. The molecule has 0 saturated carbocycles. The van der Waals surface area contributed by atoms with E-state index < -0.39 is 23.2 Å². The van der Waals surface area contributed by atoms with Crippen molar-refractivity contribution < 1.29 is 14.0 Å². The number of nitrogens with zero attached hydrogens (tertiary/aromatic N) is 2. The maximum Gasteiger partial charge on any atom is 0.277 e. The molecule has 0 unspecified atom stereocenters. The molecule has 10 heteroatoms. The number of halogens is 1. The molecular formula is C19H24FN5O3S. The Morgan fingerprint density at radius 3 is 2.41 bits per heavy atom. The largest absolute Gasteiger partial charge is 0.314 e. The molecule has 2 amide bonds. The summed E-state index contributed by atoms with van der Waals surface area (Å²) in [5, 5.41) is 5.25. The highest BCUT2D eigenvalue weighted by molar-refractivity contribution is 7.99. The molecule has 0 aliphatic rings. The van der Waals surface area contributed by atoms with E-state index in [-0.39, 0.29) is 17.1 Å². The van der Waals surface area contributed by atoms with E-state index in [1.165, 1.54) is 30.8 Å². The van der Waals surface area contributed by atoms with Crippen molar-refractivity contribution in [1.29, 1.82) is 0 Å². The Balaban J connectivity index is 2.22. The fraction of sp³-hybridized carbons (Fsp3) is 0.368. The number of thioether (sulfide) groups is 1. The van der Waals surface area contributed by atoms with Gasteiger partial charge in [-0.2, -0.15) is 0 Å². The van der Waals surface area contributed by atoms with Crippen LogP contribution in [0.4, 0.5) is 15.9 Å². The maximum absolute atomic E-state index is 13.0. The zero-order chi connectivity index (χ0) is 21.4. The van der Waals surface area contributed by atoms with Crippen molar-refractivity contribution >= 4 is 35.1 Å². The molecular weight excluding hydrogens is 397 g/mol. The van der Waals surface area contributed by atoms with Gasteiger partial charge >= 0.3 is 0 Å². The standard InChI is InChI=1S/C19H24FN5O3S/c1-4-25(5-2)10-11-29-19-23-16(21-12(3)26)15(18(28)24-19)22-17(27)13-6-8-14(20)9-7-13/h6-9H,4-5,10-11H2,1-3H3,(H,22,27)(H2,21,23,24,26,28). The molecule has 0 aliphatic heterocycles. The highest BCUT2D eigenvalue weighted by Crippen LogP contribution is 2.20. The summed E-state index contributed by atoms with van der Waals surface area (Å²) in [4.78, 5) is 45.6. The van der Waals surface area contributed by atoms with Crippen LogP contribution in [0.15, 0.2) is 34.2 Å². The number of aromatic amines is 1. The van der Waals surface area contributed by atoms with E-state index >= 15 is 0 Å². The Morgan fingerprint density at radius 2 is 1.83 bits per heavy atom. The molecule has 0 spiro atoms. The average Bonchev–Trinajstić information content (AvgIpc) is 2.68. The van der Waals surface area contributed by atoms with E-state index in [1.54, 1.807) is 0 Å². The number of hydrogen-bond acceptors (Lipinski definition) is 6. The van der Waals surface area contributed by atoms with Crippen LogP contribution < -0.4 is 16.2 Å². The van der Waals surface area contributed by atoms with Gasteiger partial charge in [0.1, 0.15) is 5.82 Å². The van der Waals surface area contributed by atoms with Crippen LogP contribution in [0, 0.1) is 5.82 Å².